The van der Waals surface area contributed by atoms with E-state index in [1.807, 2.05) is 28.8 Å². The Morgan fingerprint density at radius 1 is 1.38 bits per heavy atom. The fourth-order valence-corrected chi connectivity index (χ4v) is 2.27. The van der Waals surface area contributed by atoms with E-state index < -0.39 is 0 Å². The average molecular weight is 324 g/mol. The molecule has 3 N–H and O–H groups in total. The summed E-state index contributed by atoms with van der Waals surface area (Å²) in [5.74, 6) is 0.711. The summed E-state index contributed by atoms with van der Waals surface area (Å²) in [4.78, 5) is 24.3. The van der Waals surface area contributed by atoms with Gasteiger partial charge in [-0.25, -0.2) is 9.97 Å². The SMILES string of the molecule is CO/N=C/c1cc(-c2ccc3nc(NC(C)=O)cn3c2)cnc1N. The fourth-order valence-electron chi connectivity index (χ4n) is 2.27. The Morgan fingerprint density at radius 3 is 2.96 bits per heavy atom. The zero-order valence-corrected chi connectivity index (χ0v) is 13.2. The number of oxime groups is 1. The molecule has 0 fully saturated rings. The second kappa shape index (κ2) is 6.37. The van der Waals surface area contributed by atoms with Crippen molar-refractivity contribution < 1.29 is 9.63 Å². The first-order chi connectivity index (χ1) is 11.6. The van der Waals surface area contributed by atoms with E-state index >= 15 is 0 Å². The number of amides is 1. The lowest BCUT2D eigenvalue weighted by atomic mass is 10.1. The van der Waals surface area contributed by atoms with Gasteiger partial charge in [-0.05, 0) is 18.2 Å². The molecule has 0 saturated carbocycles. The Kier molecular flexibility index (Phi) is 4.11. The number of hydrogen-bond acceptors (Lipinski definition) is 6. The van der Waals surface area contributed by atoms with Crippen molar-refractivity contribution in [3.8, 4) is 11.1 Å². The van der Waals surface area contributed by atoms with Gasteiger partial charge < -0.3 is 20.3 Å². The maximum absolute atomic E-state index is 11.1. The van der Waals surface area contributed by atoms with Crippen LogP contribution >= 0.6 is 0 Å². The van der Waals surface area contributed by atoms with Crippen LogP contribution in [0.3, 0.4) is 0 Å². The van der Waals surface area contributed by atoms with Gasteiger partial charge in [-0.3, -0.25) is 4.79 Å². The summed E-state index contributed by atoms with van der Waals surface area (Å²) in [5.41, 5.74) is 9.03. The molecular weight excluding hydrogens is 308 g/mol. The molecule has 122 valence electrons. The van der Waals surface area contributed by atoms with Crippen LogP contribution < -0.4 is 11.1 Å². The zero-order chi connectivity index (χ0) is 17.1. The van der Waals surface area contributed by atoms with Gasteiger partial charge >= 0.3 is 0 Å². The molecule has 0 aliphatic carbocycles. The average Bonchev–Trinajstić information content (AvgIpc) is 2.94. The number of pyridine rings is 2. The van der Waals surface area contributed by atoms with E-state index in [9.17, 15) is 4.79 Å². The van der Waals surface area contributed by atoms with Gasteiger partial charge in [-0.2, -0.15) is 0 Å². The van der Waals surface area contributed by atoms with E-state index in [1.165, 1.54) is 20.2 Å². The molecule has 24 heavy (non-hydrogen) atoms. The summed E-state index contributed by atoms with van der Waals surface area (Å²) in [6.45, 7) is 1.44. The molecule has 0 bridgehead atoms. The number of anilines is 2. The Morgan fingerprint density at radius 2 is 2.21 bits per heavy atom. The van der Waals surface area contributed by atoms with E-state index in [1.54, 1.807) is 12.4 Å². The summed E-state index contributed by atoms with van der Waals surface area (Å²) in [5, 5.41) is 6.38. The Balaban J connectivity index is 1.99. The van der Waals surface area contributed by atoms with Crippen molar-refractivity contribution in [3.63, 3.8) is 0 Å². The number of carbonyl (C=O) groups excluding carboxylic acids is 1. The number of carbonyl (C=O) groups is 1. The Hall–Kier alpha value is -3.42. The van der Waals surface area contributed by atoms with Crippen molar-refractivity contribution >= 4 is 29.4 Å². The first-order valence-electron chi connectivity index (χ1n) is 7.15. The molecule has 0 aliphatic heterocycles. The van der Waals surface area contributed by atoms with Crippen molar-refractivity contribution in [2.24, 2.45) is 5.16 Å². The van der Waals surface area contributed by atoms with Crippen molar-refractivity contribution in [3.05, 3.63) is 42.4 Å². The number of nitrogen functional groups attached to an aromatic ring is 1. The topological polar surface area (TPSA) is 107 Å². The highest BCUT2D eigenvalue weighted by Crippen LogP contribution is 2.23. The number of nitrogens with one attached hydrogen (secondary N) is 1. The van der Waals surface area contributed by atoms with E-state index in [4.69, 9.17) is 5.73 Å². The number of rotatable bonds is 4. The van der Waals surface area contributed by atoms with Crippen molar-refractivity contribution in [1.82, 2.24) is 14.4 Å². The number of nitrogens with two attached hydrogens (primary N) is 1. The quantitative estimate of drug-likeness (QED) is 0.563. The van der Waals surface area contributed by atoms with Crippen molar-refractivity contribution in [1.29, 1.82) is 0 Å². The van der Waals surface area contributed by atoms with Crippen LogP contribution in [0.4, 0.5) is 11.6 Å². The minimum absolute atomic E-state index is 0.163. The molecular formula is C16H16N6O2. The van der Waals surface area contributed by atoms with Crippen LogP contribution in [0.25, 0.3) is 16.8 Å². The third-order valence-electron chi connectivity index (χ3n) is 3.34. The zero-order valence-electron chi connectivity index (χ0n) is 13.2. The van der Waals surface area contributed by atoms with Gasteiger partial charge in [0, 0.05) is 36.0 Å². The second-order valence-electron chi connectivity index (χ2n) is 5.11. The third-order valence-corrected chi connectivity index (χ3v) is 3.34. The van der Waals surface area contributed by atoms with Gasteiger partial charge in [-0.15, -0.1) is 0 Å². The highest BCUT2D eigenvalue weighted by molar-refractivity contribution is 5.88. The van der Waals surface area contributed by atoms with E-state index in [-0.39, 0.29) is 5.91 Å². The lowest BCUT2D eigenvalue weighted by Crippen LogP contribution is -2.05. The molecule has 0 aliphatic rings. The molecule has 3 rings (SSSR count). The van der Waals surface area contributed by atoms with Gasteiger partial charge in [0.2, 0.25) is 5.91 Å². The molecule has 0 radical (unpaired) electrons. The maximum atomic E-state index is 11.1. The molecule has 8 heteroatoms. The predicted molar refractivity (Wildman–Crippen MR) is 91.7 cm³/mol. The first-order valence-corrected chi connectivity index (χ1v) is 7.15. The number of hydrogen-bond donors (Lipinski definition) is 2. The largest absolute Gasteiger partial charge is 0.399 e. The van der Waals surface area contributed by atoms with Crippen LogP contribution in [0, 0.1) is 0 Å². The molecule has 0 spiro atoms. The van der Waals surface area contributed by atoms with Crippen molar-refractivity contribution in [2.75, 3.05) is 18.2 Å². The number of fused-ring (bicyclic) bond motifs is 1. The predicted octanol–water partition coefficient (Wildman–Crippen LogP) is 1.92. The molecule has 1 amide bonds. The summed E-state index contributed by atoms with van der Waals surface area (Å²) in [6.07, 6.45) is 6.85. The molecule has 8 nitrogen and oxygen atoms in total. The van der Waals surface area contributed by atoms with Gasteiger partial charge in [-0.1, -0.05) is 5.16 Å². The molecule has 3 aromatic heterocycles. The van der Waals surface area contributed by atoms with E-state index in [0.717, 1.165) is 16.8 Å². The summed E-state index contributed by atoms with van der Waals surface area (Å²) < 4.78 is 1.83. The molecule has 0 unspecified atom stereocenters. The number of imidazole rings is 1. The van der Waals surface area contributed by atoms with Crippen LogP contribution in [0.1, 0.15) is 12.5 Å². The molecule has 3 aromatic rings. The van der Waals surface area contributed by atoms with Crippen LogP contribution in [-0.2, 0) is 9.63 Å². The van der Waals surface area contributed by atoms with Crippen LogP contribution in [0.5, 0.6) is 0 Å². The van der Waals surface area contributed by atoms with Crippen LogP contribution in [-0.4, -0.2) is 33.6 Å². The fraction of sp³-hybridized carbons (Fsp3) is 0.125. The summed E-state index contributed by atoms with van der Waals surface area (Å²) >= 11 is 0. The lowest BCUT2D eigenvalue weighted by Gasteiger charge is -2.05. The van der Waals surface area contributed by atoms with Gasteiger partial charge in [0.1, 0.15) is 18.6 Å². The van der Waals surface area contributed by atoms with Crippen LogP contribution in [0.15, 0.2) is 41.9 Å². The highest BCUT2D eigenvalue weighted by Gasteiger charge is 2.07. The minimum atomic E-state index is -0.163. The van der Waals surface area contributed by atoms with Crippen LogP contribution in [0.2, 0.25) is 0 Å². The standard InChI is InChI=1S/C16H16N6O2/c1-10(23)20-14-9-22-8-11(3-4-15(22)21-14)12-5-13(7-19-24-2)16(17)18-6-12/h3-9H,1-2H3,(H2,17,18)(H,20,23)/b19-7+. The number of nitrogens with zero attached hydrogens (tertiary/aromatic N) is 4. The third kappa shape index (κ3) is 3.17. The summed E-state index contributed by atoms with van der Waals surface area (Å²) in [7, 11) is 1.46. The normalized spacial score (nSPS) is 11.1. The Bertz CT molecular complexity index is 931. The maximum Gasteiger partial charge on any atom is 0.222 e. The molecule has 3 heterocycles. The van der Waals surface area contributed by atoms with Gasteiger partial charge in [0.05, 0.1) is 12.4 Å². The monoisotopic (exact) mass is 324 g/mol. The van der Waals surface area contributed by atoms with Crippen molar-refractivity contribution in [2.45, 2.75) is 6.92 Å². The Labute approximate surface area is 138 Å². The molecule has 0 atom stereocenters. The van der Waals surface area contributed by atoms with E-state index in [0.29, 0.717) is 17.2 Å². The van der Waals surface area contributed by atoms with Gasteiger partial charge in [0.25, 0.3) is 0 Å². The smallest absolute Gasteiger partial charge is 0.222 e. The first kappa shape index (κ1) is 15.5. The number of aromatic nitrogens is 3. The highest BCUT2D eigenvalue weighted by atomic mass is 16.6. The minimum Gasteiger partial charge on any atom is -0.399 e. The lowest BCUT2D eigenvalue weighted by molar-refractivity contribution is -0.114. The summed E-state index contributed by atoms with van der Waals surface area (Å²) in [6, 6.07) is 5.65. The molecule has 0 aromatic carbocycles. The molecule has 0 saturated heterocycles. The van der Waals surface area contributed by atoms with E-state index in [2.05, 4.69) is 25.3 Å². The van der Waals surface area contributed by atoms with Gasteiger partial charge in [0.15, 0.2) is 5.82 Å². The second-order valence-corrected chi connectivity index (χ2v) is 5.11.